The second kappa shape index (κ2) is 8.87. The van der Waals surface area contributed by atoms with Gasteiger partial charge < -0.3 is 19.3 Å². The maximum atomic E-state index is 12.8. The highest BCUT2D eigenvalue weighted by molar-refractivity contribution is 5.96. The Morgan fingerprint density at radius 2 is 1.97 bits per heavy atom. The molecule has 1 aromatic carbocycles. The number of amides is 3. The number of hydrogen-bond acceptors (Lipinski definition) is 7. The predicted molar refractivity (Wildman–Crippen MR) is 110 cm³/mol. The number of rotatable bonds is 6. The van der Waals surface area contributed by atoms with E-state index in [1.54, 1.807) is 33.9 Å². The second-order valence-corrected chi connectivity index (χ2v) is 7.24. The van der Waals surface area contributed by atoms with E-state index in [4.69, 9.17) is 14.7 Å². The molecule has 2 aliphatic rings. The van der Waals surface area contributed by atoms with Crippen molar-refractivity contribution in [3.8, 4) is 17.7 Å². The van der Waals surface area contributed by atoms with Crippen molar-refractivity contribution in [3.05, 3.63) is 42.4 Å². The van der Waals surface area contributed by atoms with Crippen LogP contribution in [-0.2, 0) is 4.79 Å². The zero-order valence-electron chi connectivity index (χ0n) is 17.1. The Hall–Kier alpha value is -3.87. The molecule has 3 amide bonds. The minimum absolute atomic E-state index is 0.0206. The lowest BCUT2D eigenvalue weighted by Gasteiger charge is -2.22. The van der Waals surface area contributed by atoms with Gasteiger partial charge in [-0.2, -0.15) is 5.26 Å². The number of likely N-dealkylation sites (tertiary alicyclic amines) is 1. The third-order valence-electron chi connectivity index (χ3n) is 5.35. The number of carbonyl (C=O) groups is 2. The summed E-state index contributed by atoms with van der Waals surface area (Å²) in [5.74, 6) is 0.765. The lowest BCUT2D eigenvalue weighted by Crippen LogP contribution is -2.42. The standard InChI is InChI=1S/C21H22N6O4/c1-30-16-4-2-15(3-5-16)27-11-10-26(21(27)29)14-19(28)25-9-6-17(13-25)31-20-18(12-22)23-7-8-24-20/h2-5,7-8,17H,6,9-11,13-14H2,1H3. The van der Waals surface area contributed by atoms with Crippen LogP contribution in [0.15, 0.2) is 36.7 Å². The van der Waals surface area contributed by atoms with Crippen molar-refractivity contribution in [1.82, 2.24) is 19.8 Å². The van der Waals surface area contributed by atoms with Crippen molar-refractivity contribution in [3.63, 3.8) is 0 Å². The quantitative estimate of drug-likeness (QED) is 0.689. The molecule has 10 heteroatoms. The minimum atomic E-state index is -0.266. The van der Waals surface area contributed by atoms with Gasteiger partial charge in [0.15, 0.2) is 0 Å². The van der Waals surface area contributed by atoms with E-state index in [9.17, 15) is 9.59 Å². The lowest BCUT2D eigenvalue weighted by molar-refractivity contribution is -0.130. The van der Waals surface area contributed by atoms with Gasteiger partial charge in [0.25, 0.3) is 5.88 Å². The van der Waals surface area contributed by atoms with Crippen molar-refractivity contribution in [2.45, 2.75) is 12.5 Å². The molecule has 1 aromatic heterocycles. The summed E-state index contributed by atoms with van der Waals surface area (Å²) in [6, 6.07) is 9.01. The van der Waals surface area contributed by atoms with Crippen LogP contribution in [0, 0.1) is 11.3 Å². The average Bonchev–Trinajstić information content (AvgIpc) is 3.41. The highest BCUT2D eigenvalue weighted by Crippen LogP contribution is 2.24. The van der Waals surface area contributed by atoms with Crippen LogP contribution < -0.4 is 14.4 Å². The van der Waals surface area contributed by atoms with Gasteiger partial charge in [-0.05, 0) is 24.3 Å². The molecule has 10 nitrogen and oxygen atoms in total. The molecule has 2 aromatic rings. The molecule has 0 spiro atoms. The van der Waals surface area contributed by atoms with Gasteiger partial charge >= 0.3 is 6.03 Å². The molecule has 2 aliphatic heterocycles. The number of aromatic nitrogens is 2. The molecule has 2 saturated heterocycles. The second-order valence-electron chi connectivity index (χ2n) is 7.24. The molecule has 0 N–H and O–H groups in total. The van der Waals surface area contributed by atoms with Crippen LogP contribution in [0.5, 0.6) is 11.6 Å². The Morgan fingerprint density at radius 1 is 1.19 bits per heavy atom. The molecule has 1 atom stereocenters. The summed E-state index contributed by atoms with van der Waals surface area (Å²) >= 11 is 0. The van der Waals surface area contributed by atoms with E-state index in [2.05, 4.69) is 9.97 Å². The molecule has 0 radical (unpaired) electrons. The van der Waals surface area contributed by atoms with E-state index in [0.29, 0.717) is 32.6 Å². The highest BCUT2D eigenvalue weighted by atomic mass is 16.5. The number of hydrogen-bond donors (Lipinski definition) is 0. The van der Waals surface area contributed by atoms with E-state index >= 15 is 0 Å². The number of methoxy groups -OCH3 is 1. The Balaban J connectivity index is 1.31. The first-order valence-corrected chi connectivity index (χ1v) is 9.95. The molecule has 4 rings (SSSR count). The molecule has 0 saturated carbocycles. The number of benzene rings is 1. The summed E-state index contributed by atoms with van der Waals surface area (Å²) in [5.41, 5.74) is 0.890. The fourth-order valence-electron chi connectivity index (χ4n) is 3.69. The molecule has 31 heavy (non-hydrogen) atoms. The van der Waals surface area contributed by atoms with Crippen LogP contribution in [0.1, 0.15) is 12.1 Å². The molecule has 1 unspecified atom stereocenters. The number of ether oxygens (including phenoxy) is 2. The maximum absolute atomic E-state index is 12.8. The number of urea groups is 1. The summed E-state index contributed by atoms with van der Waals surface area (Å²) < 4.78 is 10.9. The summed E-state index contributed by atoms with van der Waals surface area (Å²) in [6.07, 6.45) is 3.25. The summed E-state index contributed by atoms with van der Waals surface area (Å²) in [7, 11) is 1.59. The maximum Gasteiger partial charge on any atom is 0.325 e. The van der Waals surface area contributed by atoms with Crippen LogP contribution in [0.3, 0.4) is 0 Å². The first kappa shape index (κ1) is 20.4. The van der Waals surface area contributed by atoms with Crippen LogP contribution in [0.2, 0.25) is 0 Å². The Bertz CT molecular complexity index is 1010. The van der Waals surface area contributed by atoms with Crippen molar-refractivity contribution < 1.29 is 19.1 Å². The number of nitriles is 1. The van der Waals surface area contributed by atoms with Gasteiger partial charge in [0, 0.05) is 44.1 Å². The van der Waals surface area contributed by atoms with E-state index in [0.717, 1.165) is 11.4 Å². The first-order chi connectivity index (χ1) is 15.1. The van der Waals surface area contributed by atoms with Crippen LogP contribution in [0.4, 0.5) is 10.5 Å². The minimum Gasteiger partial charge on any atom is -0.497 e. The largest absolute Gasteiger partial charge is 0.497 e. The van der Waals surface area contributed by atoms with Gasteiger partial charge in [0.05, 0.1) is 13.7 Å². The Morgan fingerprint density at radius 3 is 2.71 bits per heavy atom. The van der Waals surface area contributed by atoms with Crippen LogP contribution >= 0.6 is 0 Å². The lowest BCUT2D eigenvalue weighted by atomic mass is 10.3. The van der Waals surface area contributed by atoms with Crippen molar-refractivity contribution >= 4 is 17.6 Å². The normalized spacial score (nSPS) is 18.3. The zero-order chi connectivity index (χ0) is 21.8. The number of carbonyl (C=O) groups excluding carboxylic acids is 2. The summed E-state index contributed by atoms with van der Waals surface area (Å²) in [5, 5.41) is 9.10. The first-order valence-electron chi connectivity index (χ1n) is 9.95. The van der Waals surface area contributed by atoms with E-state index in [-0.39, 0.29) is 36.2 Å². The Kier molecular flexibility index (Phi) is 5.84. The summed E-state index contributed by atoms with van der Waals surface area (Å²) in [6.45, 7) is 1.93. The van der Waals surface area contributed by atoms with Crippen molar-refractivity contribution in [2.24, 2.45) is 0 Å². The van der Waals surface area contributed by atoms with Gasteiger partial charge in [0.2, 0.25) is 11.6 Å². The average molecular weight is 422 g/mol. The Labute approximate surface area is 179 Å². The molecular weight excluding hydrogens is 400 g/mol. The topological polar surface area (TPSA) is 112 Å². The molecule has 2 fully saturated rings. The van der Waals surface area contributed by atoms with Gasteiger partial charge in [-0.3, -0.25) is 9.69 Å². The van der Waals surface area contributed by atoms with Crippen LogP contribution in [-0.4, -0.2) is 77.6 Å². The summed E-state index contributed by atoms with van der Waals surface area (Å²) in [4.78, 5) is 38.4. The molecule has 0 aliphatic carbocycles. The fourth-order valence-corrected chi connectivity index (χ4v) is 3.69. The SMILES string of the molecule is COc1ccc(N2CCN(CC(=O)N3CCC(Oc4nccnc4C#N)C3)C2=O)cc1. The van der Waals surface area contributed by atoms with Crippen LogP contribution in [0.25, 0.3) is 0 Å². The molecule has 3 heterocycles. The monoisotopic (exact) mass is 422 g/mol. The predicted octanol–water partition coefficient (Wildman–Crippen LogP) is 1.28. The van der Waals surface area contributed by atoms with E-state index < -0.39 is 0 Å². The number of anilines is 1. The smallest absolute Gasteiger partial charge is 0.325 e. The van der Waals surface area contributed by atoms with Crippen molar-refractivity contribution in [2.75, 3.05) is 44.7 Å². The molecule has 160 valence electrons. The van der Waals surface area contributed by atoms with Gasteiger partial charge in [-0.25, -0.2) is 14.8 Å². The van der Waals surface area contributed by atoms with E-state index in [1.165, 1.54) is 12.4 Å². The third-order valence-corrected chi connectivity index (χ3v) is 5.35. The van der Waals surface area contributed by atoms with E-state index in [1.807, 2.05) is 18.2 Å². The number of nitrogens with zero attached hydrogens (tertiary/aromatic N) is 6. The molecular formula is C21H22N6O4. The molecule has 0 bridgehead atoms. The van der Waals surface area contributed by atoms with Crippen molar-refractivity contribution in [1.29, 1.82) is 5.26 Å². The van der Waals surface area contributed by atoms with Gasteiger partial charge in [-0.15, -0.1) is 0 Å². The fraction of sp³-hybridized carbons (Fsp3) is 0.381. The van der Waals surface area contributed by atoms with Gasteiger partial charge in [-0.1, -0.05) is 0 Å². The van der Waals surface area contributed by atoms with Gasteiger partial charge in [0.1, 0.15) is 24.5 Å². The zero-order valence-corrected chi connectivity index (χ0v) is 17.1. The highest BCUT2D eigenvalue weighted by Gasteiger charge is 2.34. The third kappa shape index (κ3) is 4.35.